The fourth-order valence-electron chi connectivity index (χ4n) is 3.44. The van der Waals surface area contributed by atoms with Gasteiger partial charge in [0.1, 0.15) is 10.7 Å². The van der Waals surface area contributed by atoms with Crippen molar-refractivity contribution in [2.45, 2.75) is 30.6 Å². The van der Waals surface area contributed by atoms with Gasteiger partial charge in [0.05, 0.1) is 11.9 Å². The number of aromatic nitrogens is 3. The molecule has 29 heavy (non-hydrogen) atoms. The molecule has 152 valence electrons. The van der Waals surface area contributed by atoms with Crippen molar-refractivity contribution in [1.29, 1.82) is 0 Å². The average molecular weight is 412 g/mol. The van der Waals surface area contributed by atoms with Crippen molar-refractivity contribution in [2.24, 2.45) is 0 Å². The fourth-order valence-corrected chi connectivity index (χ4v) is 4.90. The second-order valence-electron chi connectivity index (χ2n) is 7.15. The highest BCUT2D eigenvalue weighted by Gasteiger charge is 2.26. The number of hydrogen-bond donors (Lipinski definition) is 1. The third-order valence-corrected chi connectivity index (χ3v) is 6.95. The predicted molar refractivity (Wildman–Crippen MR) is 113 cm³/mol. The molecule has 4 rings (SSSR count). The molecule has 8 heteroatoms. The van der Waals surface area contributed by atoms with Crippen LogP contribution in [0.4, 0.5) is 5.82 Å². The van der Waals surface area contributed by atoms with Gasteiger partial charge in [-0.25, -0.2) is 18.1 Å². The number of para-hydroxylation sites is 1. The van der Waals surface area contributed by atoms with Crippen molar-refractivity contribution in [3.05, 3.63) is 66.6 Å². The van der Waals surface area contributed by atoms with Crippen LogP contribution in [0.2, 0.25) is 0 Å². The van der Waals surface area contributed by atoms with E-state index in [0.717, 1.165) is 36.9 Å². The number of piperidine rings is 1. The van der Waals surface area contributed by atoms with Crippen LogP contribution in [-0.4, -0.2) is 47.1 Å². The van der Waals surface area contributed by atoms with Gasteiger partial charge >= 0.3 is 0 Å². The maximum absolute atomic E-state index is 12.7. The maximum atomic E-state index is 12.7. The Morgan fingerprint density at radius 1 is 0.966 bits per heavy atom. The highest BCUT2D eigenvalue weighted by Crippen LogP contribution is 2.20. The van der Waals surface area contributed by atoms with Crippen LogP contribution >= 0.6 is 0 Å². The van der Waals surface area contributed by atoms with E-state index >= 15 is 0 Å². The number of anilines is 1. The number of rotatable bonds is 7. The molecule has 0 spiro atoms. The summed E-state index contributed by atoms with van der Waals surface area (Å²) in [6.07, 6.45) is 9.05. The summed E-state index contributed by atoms with van der Waals surface area (Å²) >= 11 is 0. The van der Waals surface area contributed by atoms with E-state index in [2.05, 4.69) is 15.4 Å². The second kappa shape index (κ2) is 8.75. The van der Waals surface area contributed by atoms with E-state index in [1.54, 1.807) is 16.4 Å². The first-order chi connectivity index (χ1) is 14.1. The Bertz CT molecular complexity index is 1030. The predicted octanol–water partition coefficient (Wildman–Crippen LogP) is 3.10. The first-order valence-corrected chi connectivity index (χ1v) is 11.4. The van der Waals surface area contributed by atoms with E-state index in [4.69, 9.17) is 0 Å². The summed E-state index contributed by atoms with van der Waals surface area (Å²) in [5, 5.41) is 7.64. The molecule has 0 aliphatic carbocycles. The molecular weight excluding hydrogens is 386 g/mol. The topological polar surface area (TPSA) is 80.1 Å². The van der Waals surface area contributed by atoms with Crippen molar-refractivity contribution in [3.8, 4) is 5.69 Å². The molecule has 1 aromatic carbocycles. The van der Waals surface area contributed by atoms with Crippen molar-refractivity contribution in [3.63, 3.8) is 0 Å². The molecule has 1 N–H and O–H groups in total. The van der Waals surface area contributed by atoms with Crippen LogP contribution in [0.25, 0.3) is 5.69 Å². The zero-order valence-corrected chi connectivity index (χ0v) is 17.1. The smallest absolute Gasteiger partial charge is 0.244 e. The molecule has 0 bridgehead atoms. The Kier molecular flexibility index (Phi) is 5.92. The minimum Gasteiger partial charge on any atom is -0.370 e. The van der Waals surface area contributed by atoms with Crippen LogP contribution in [0, 0.1) is 0 Å². The van der Waals surface area contributed by atoms with E-state index < -0.39 is 10.0 Å². The summed E-state index contributed by atoms with van der Waals surface area (Å²) in [5.41, 5.74) is 2.14. The molecule has 0 saturated carbocycles. The van der Waals surface area contributed by atoms with Crippen molar-refractivity contribution in [2.75, 3.05) is 25.0 Å². The Labute approximate surface area is 171 Å². The van der Waals surface area contributed by atoms with Gasteiger partial charge in [0.15, 0.2) is 0 Å². The molecule has 0 amide bonds. The second-order valence-corrected chi connectivity index (χ2v) is 9.09. The Balaban J connectivity index is 1.32. The van der Waals surface area contributed by atoms with E-state index in [1.807, 2.05) is 47.4 Å². The van der Waals surface area contributed by atoms with E-state index in [9.17, 15) is 8.42 Å². The van der Waals surface area contributed by atoms with Crippen LogP contribution < -0.4 is 5.32 Å². The number of sulfonamides is 1. The van der Waals surface area contributed by atoms with E-state index in [-0.39, 0.29) is 4.90 Å². The maximum Gasteiger partial charge on any atom is 0.244 e. The Hall–Kier alpha value is -2.71. The van der Waals surface area contributed by atoms with Gasteiger partial charge in [-0.05, 0) is 49.1 Å². The Morgan fingerprint density at radius 3 is 2.48 bits per heavy atom. The number of hydrogen-bond acceptors (Lipinski definition) is 5. The number of pyridine rings is 1. The first-order valence-electron chi connectivity index (χ1n) is 9.92. The third-order valence-electron chi connectivity index (χ3n) is 5.07. The monoisotopic (exact) mass is 411 g/mol. The van der Waals surface area contributed by atoms with Gasteiger partial charge in [0.2, 0.25) is 10.0 Å². The van der Waals surface area contributed by atoms with Crippen LogP contribution in [-0.2, 0) is 16.4 Å². The third kappa shape index (κ3) is 4.65. The summed E-state index contributed by atoms with van der Waals surface area (Å²) < 4.78 is 28.8. The summed E-state index contributed by atoms with van der Waals surface area (Å²) in [4.78, 5) is 4.54. The summed E-state index contributed by atoms with van der Waals surface area (Å²) in [6.45, 7) is 1.88. The van der Waals surface area contributed by atoms with Gasteiger partial charge in [0, 0.05) is 32.0 Å². The highest BCUT2D eigenvalue weighted by molar-refractivity contribution is 7.89. The number of nitrogens with one attached hydrogen (secondary N) is 1. The normalized spacial score (nSPS) is 15.3. The Morgan fingerprint density at radius 2 is 1.76 bits per heavy atom. The zero-order chi connectivity index (χ0) is 20.1. The minimum absolute atomic E-state index is 0.258. The average Bonchev–Trinajstić information content (AvgIpc) is 3.24. The quantitative estimate of drug-likeness (QED) is 0.646. The standard InChI is InChI=1S/C21H25N5O2S/c27-29(28,25-13-5-2-6-14-25)20-9-10-21(23-16-20)22-12-11-18-15-24-26(17-18)19-7-3-1-4-8-19/h1,3-4,7-10,15-17H,2,5-6,11-14H2,(H,22,23). The van der Waals surface area contributed by atoms with Crippen molar-refractivity contribution < 1.29 is 8.42 Å². The number of benzene rings is 1. The lowest BCUT2D eigenvalue weighted by Crippen LogP contribution is -2.35. The van der Waals surface area contributed by atoms with Gasteiger partial charge in [-0.3, -0.25) is 0 Å². The van der Waals surface area contributed by atoms with Crippen molar-refractivity contribution >= 4 is 15.8 Å². The molecule has 1 aliphatic heterocycles. The molecule has 0 radical (unpaired) electrons. The first kappa shape index (κ1) is 19.6. The van der Waals surface area contributed by atoms with Crippen LogP contribution in [0.15, 0.2) is 66.0 Å². The molecule has 3 heterocycles. The molecular formula is C21H25N5O2S. The van der Waals surface area contributed by atoms with Gasteiger partial charge in [-0.2, -0.15) is 9.40 Å². The zero-order valence-electron chi connectivity index (χ0n) is 16.2. The van der Waals surface area contributed by atoms with Gasteiger partial charge in [-0.1, -0.05) is 24.6 Å². The molecule has 1 fully saturated rings. The minimum atomic E-state index is -3.43. The molecule has 2 aromatic heterocycles. The van der Waals surface area contributed by atoms with Gasteiger partial charge < -0.3 is 5.32 Å². The van der Waals surface area contributed by atoms with Crippen LogP contribution in [0.3, 0.4) is 0 Å². The fraction of sp³-hybridized carbons (Fsp3) is 0.333. The number of nitrogens with zero attached hydrogens (tertiary/aromatic N) is 4. The molecule has 1 saturated heterocycles. The lowest BCUT2D eigenvalue weighted by atomic mass is 10.2. The SMILES string of the molecule is O=S(=O)(c1ccc(NCCc2cnn(-c3ccccc3)c2)nc1)N1CCCCC1. The molecule has 3 aromatic rings. The van der Waals surface area contributed by atoms with Gasteiger partial charge in [0.25, 0.3) is 0 Å². The molecule has 0 atom stereocenters. The molecule has 0 unspecified atom stereocenters. The summed E-state index contributed by atoms with van der Waals surface area (Å²) in [6, 6.07) is 13.3. The summed E-state index contributed by atoms with van der Waals surface area (Å²) in [5.74, 6) is 0.665. The lowest BCUT2D eigenvalue weighted by molar-refractivity contribution is 0.346. The molecule has 1 aliphatic rings. The molecule has 7 nitrogen and oxygen atoms in total. The van der Waals surface area contributed by atoms with Gasteiger partial charge in [-0.15, -0.1) is 0 Å². The van der Waals surface area contributed by atoms with Crippen molar-refractivity contribution in [1.82, 2.24) is 19.1 Å². The lowest BCUT2D eigenvalue weighted by Gasteiger charge is -2.25. The van der Waals surface area contributed by atoms with E-state index in [0.29, 0.717) is 25.5 Å². The van der Waals surface area contributed by atoms with Crippen LogP contribution in [0.5, 0.6) is 0 Å². The highest BCUT2D eigenvalue weighted by atomic mass is 32.2. The van der Waals surface area contributed by atoms with E-state index in [1.165, 1.54) is 6.20 Å². The summed E-state index contributed by atoms with van der Waals surface area (Å²) in [7, 11) is -3.43. The van der Waals surface area contributed by atoms with Crippen LogP contribution in [0.1, 0.15) is 24.8 Å². The largest absolute Gasteiger partial charge is 0.370 e.